The summed E-state index contributed by atoms with van der Waals surface area (Å²) in [7, 11) is 0. The summed E-state index contributed by atoms with van der Waals surface area (Å²) in [5, 5.41) is 13.4. The first-order valence-electron chi connectivity index (χ1n) is 11.1. The van der Waals surface area contributed by atoms with Crippen LogP contribution in [-0.4, -0.2) is 17.2 Å². The maximum Gasteiger partial charge on any atom is 0.0981 e. The van der Waals surface area contributed by atoms with Gasteiger partial charge in [0.15, 0.2) is 0 Å². The number of anilines is 1. The van der Waals surface area contributed by atoms with Crippen molar-refractivity contribution in [3.63, 3.8) is 0 Å². The average molecular weight is 435 g/mol. The van der Waals surface area contributed by atoms with Crippen molar-refractivity contribution in [2.45, 2.75) is 13.5 Å². The van der Waals surface area contributed by atoms with Gasteiger partial charge in [-0.1, -0.05) is 43.3 Å². The third-order valence-corrected chi connectivity index (χ3v) is 5.93. The molecule has 0 fully saturated rings. The number of benzene rings is 3. The normalized spacial score (nSPS) is 11.2. The number of aromatic nitrogens is 1. The van der Waals surface area contributed by atoms with Gasteiger partial charge >= 0.3 is 0 Å². The molecule has 0 unspecified atom stereocenters. The number of hydrogen-bond donors (Lipinski definition) is 4. The highest BCUT2D eigenvalue weighted by molar-refractivity contribution is 6.16. The highest BCUT2D eigenvalue weighted by Crippen LogP contribution is 2.31. The SMILES string of the molecule is CCNCc1cccc(-c2ccc(N)c(C(=N)c3cc4c(-c5ccoc5)cccc4[nH]3)c2)c1. The van der Waals surface area contributed by atoms with E-state index in [1.807, 2.05) is 42.5 Å². The second kappa shape index (κ2) is 8.81. The summed E-state index contributed by atoms with van der Waals surface area (Å²) in [6.07, 6.45) is 3.40. The van der Waals surface area contributed by atoms with Crippen molar-refractivity contribution in [1.29, 1.82) is 5.41 Å². The smallest absolute Gasteiger partial charge is 0.0981 e. The summed E-state index contributed by atoms with van der Waals surface area (Å²) < 4.78 is 5.27. The summed E-state index contributed by atoms with van der Waals surface area (Å²) in [4.78, 5) is 3.40. The predicted octanol–water partition coefficient (Wildman–Crippen LogP) is 6.20. The van der Waals surface area contributed by atoms with Crippen molar-refractivity contribution in [3.8, 4) is 22.3 Å². The monoisotopic (exact) mass is 434 g/mol. The van der Waals surface area contributed by atoms with Gasteiger partial charge in [0.1, 0.15) is 0 Å². The first-order chi connectivity index (χ1) is 16.1. The number of H-pyrrole nitrogens is 1. The summed E-state index contributed by atoms with van der Waals surface area (Å²) in [6.45, 7) is 3.86. The molecular formula is C28H26N4O. The van der Waals surface area contributed by atoms with E-state index in [1.54, 1.807) is 12.5 Å². The van der Waals surface area contributed by atoms with Crippen LogP contribution in [0.2, 0.25) is 0 Å². The molecule has 5 nitrogen and oxygen atoms in total. The molecule has 0 aliphatic rings. The molecule has 5 heteroatoms. The Bertz CT molecular complexity index is 1430. The Morgan fingerprint density at radius 3 is 2.64 bits per heavy atom. The minimum absolute atomic E-state index is 0.368. The lowest BCUT2D eigenvalue weighted by molar-refractivity contribution is 0.568. The summed E-state index contributed by atoms with van der Waals surface area (Å²) in [5.74, 6) is 0. The molecule has 0 radical (unpaired) electrons. The molecule has 0 spiro atoms. The first-order valence-corrected chi connectivity index (χ1v) is 11.1. The van der Waals surface area contributed by atoms with Gasteiger partial charge < -0.3 is 20.5 Å². The maximum atomic E-state index is 8.94. The van der Waals surface area contributed by atoms with Crippen LogP contribution in [0.3, 0.4) is 0 Å². The summed E-state index contributed by atoms with van der Waals surface area (Å²) >= 11 is 0. The van der Waals surface area contributed by atoms with Crippen molar-refractivity contribution in [3.05, 3.63) is 102 Å². The second-order valence-corrected chi connectivity index (χ2v) is 8.12. The van der Waals surface area contributed by atoms with Crippen LogP contribution in [0.4, 0.5) is 5.69 Å². The molecule has 0 aliphatic carbocycles. The Kier molecular flexibility index (Phi) is 5.55. The number of hydrogen-bond acceptors (Lipinski definition) is 4. The number of fused-ring (bicyclic) bond motifs is 1. The van der Waals surface area contributed by atoms with E-state index in [1.165, 1.54) is 5.56 Å². The molecule has 33 heavy (non-hydrogen) atoms. The van der Waals surface area contributed by atoms with Crippen LogP contribution < -0.4 is 11.1 Å². The van der Waals surface area contributed by atoms with E-state index in [0.717, 1.165) is 51.9 Å². The molecule has 0 saturated carbocycles. The summed E-state index contributed by atoms with van der Waals surface area (Å²) in [6, 6.07) is 24.4. The fourth-order valence-electron chi connectivity index (χ4n) is 4.19. The molecule has 2 aromatic heterocycles. The van der Waals surface area contributed by atoms with Crippen LogP contribution in [0.15, 0.2) is 89.7 Å². The topological polar surface area (TPSA) is 90.8 Å². The van der Waals surface area contributed by atoms with Crippen molar-refractivity contribution < 1.29 is 4.42 Å². The minimum atomic E-state index is 0.368. The Morgan fingerprint density at radius 2 is 1.82 bits per heavy atom. The van der Waals surface area contributed by atoms with Crippen LogP contribution in [0, 0.1) is 5.41 Å². The highest BCUT2D eigenvalue weighted by atomic mass is 16.3. The van der Waals surface area contributed by atoms with E-state index in [4.69, 9.17) is 15.6 Å². The van der Waals surface area contributed by atoms with E-state index in [2.05, 4.69) is 47.6 Å². The number of nitrogens with one attached hydrogen (secondary N) is 3. The molecule has 0 aliphatic heterocycles. The van der Waals surface area contributed by atoms with E-state index >= 15 is 0 Å². The van der Waals surface area contributed by atoms with Crippen molar-refractivity contribution in [1.82, 2.24) is 10.3 Å². The minimum Gasteiger partial charge on any atom is -0.472 e. The zero-order valence-electron chi connectivity index (χ0n) is 18.5. The van der Waals surface area contributed by atoms with Crippen LogP contribution in [0.25, 0.3) is 33.2 Å². The van der Waals surface area contributed by atoms with E-state index in [9.17, 15) is 0 Å². The molecule has 5 rings (SSSR count). The fourth-order valence-corrected chi connectivity index (χ4v) is 4.19. The number of rotatable bonds is 7. The molecule has 5 aromatic rings. The standard InChI is InChI=1S/C28H26N4O/c1-2-31-16-18-5-3-6-19(13-18)20-9-10-25(29)24(14-20)28(30)27-15-23-22(21-11-12-33-17-21)7-4-8-26(23)32-27/h3-15,17,30-32H,2,16,29H2,1H3. The van der Waals surface area contributed by atoms with Gasteiger partial charge in [0, 0.05) is 34.3 Å². The third-order valence-electron chi connectivity index (χ3n) is 5.93. The van der Waals surface area contributed by atoms with Crippen LogP contribution in [-0.2, 0) is 6.54 Å². The predicted molar refractivity (Wildman–Crippen MR) is 136 cm³/mol. The van der Waals surface area contributed by atoms with Gasteiger partial charge in [0.2, 0.25) is 0 Å². The Hall–Kier alpha value is -4.09. The molecular weight excluding hydrogens is 408 g/mol. The lowest BCUT2D eigenvalue weighted by Crippen LogP contribution is -2.11. The zero-order valence-corrected chi connectivity index (χ0v) is 18.5. The van der Waals surface area contributed by atoms with Gasteiger partial charge in [0.05, 0.1) is 23.9 Å². The summed E-state index contributed by atoms with van der Waals surface area (Å²) in [5.41, 5.74) is 15.1. The quantitative estimate of drug-likeness (QED) is 0.181. The Labute approximate surface area is 192 Å². The maximum absolute atomic E-state index is 8.94. The molecule has 0 saturated heterocycles. The van der Waals surface area contributed by atoms with Gasteiger partial charge in [-0.25, -0.2) is 0 Å². The van der Waals surface area contributed by atoms with Gasteiger partial charge in [-0.3, -0.25) is 5.41 Å². The molecule has 0 atom stereocenters. The average Bonchev–Trinajstić information content (AvgIpc) is 3.53. The number of aromatic amines is 1. The van der Waals surface area contributed by atoms with E-state index < -0.39 is 0 Å². The number of nitrogens with two attached hydrogens (primary N) is 1. The van der Waals surface area contributed by atoms with Gasteiger partial charge in [-0.05, 0) is 65.2 Å². The Balaban J connectivity index is 1.52. The van der Waals surface area contributed by atoms with Crippen LogP contribution in [0.5, 0.6) is 0 Å². The van der Waals surface area contributed by atoms with Crippen molar-refractivity contribution in [2.75, 3.05) is 12.3 Å². The Morgan fingerprint density at radius 1 is 0.970 bits per heavy atom. The van der Waals surface area contributed by atoms with Crippen LogP contribution >= 0.6 is 0 Å². The van der Waals surface area contributed by atoms with Crippen LogP contribution in [0.1, 0.15) is 23.7 Å². The highest BCUT2D eigenvalue weighted by Gasteiger charge is 2.15. The van der Waals surface area contributed by atoms with Crippen molar-refractivity contribution >= 4 is 22.3 Å². The van der Waals surface area contributed by atoms with Crippen molar-refractivity contribution in [2.24, 2.45) is 0 Å². The zero-order chi connectivity index (χ0) is 22.8. The fraction of sp³-hybridized carbons (Fsp3) is 0.107. The second-order valence-electron chi connectivity index (χ2n) is 8.12. The number of furan rings is 1. The molecule has 3 aromatic carbocycles. The van der Waals surface area contributed by atoms with Gasteiger partial charge in [-0.2, -0.15) is 0 Å². The lowest BCUT2D eigenvalue weighted by Gasteiger charge is -2.11. The van der Waals surface area contributed by atoms with Gasteiger partial charge in [-0.15, -0.1) is 0 Å². The third kappa shape index (κ3) is 4.06. The molecule has 164 valence electrons. The van der Waals surface area contributed by atoms with E-state index in [0.29, 0.717) is 17.0 Å². The molecule has 0 bridgehead atoms. The van der Waals surface area contributed by atoms with E-state index in [-0.39, 0.29) is 0 Å². The first kappa shape index (κ1) is 20.8. The molecule has 5 N–H and O–H groups in total. The lowest BCUT2D eigenvalue weighted by atomic mass is 9.97. The van der Waals surface area contributed by atoms with Gasteiger partial charge in [0.25, 0.3) is 0 Å². The molecule has 0 amide bonds. The number of nitrogen functional groups attached to an aromatic ring is 1. The molecule has 2 heterocycles. The largest absolute Gasteiger partial charge is 0.472 e.